The van der Waals surface area contributed by atoms with Crippen molar-refractivity contribution in [3.05, 3.63) is 95.6 Å². The maximum Gasteiger partial charge on any atom is 0.268 e. The van der Waals surface area contributed by atoms with Crippen molar-refractivity contribution in [1.82, 2.24) is 10.6 Å². The van der Waals surface area contributed by atoms with E-state index in [1.165, 1.54) is 12.3 Å². The normalized spacial score (nSPS) is 11.0. The van der Waals surface area contributed by atoms with Crippen molar-refractivity contribution < 1.29 is 18.7 Å². The Labute approximate surface area is 162 Å². The zero-order valence-corrected chi connectivity index (χ0v) is 15.3. The monoisotopic (exact) mass is 376 g/mol. The Morgan fingerprint density at radius 1 is 1.00 bits per heavy atom. The van der Waals surface area contributed by atoms with E-state index >= 15 is 0 Å². The molecule has 0 saturated heterocycles. The molecule has 3 rings (SSSR count). The van der Waals surface area contributed by atoms with Crippen molar-refractivity contribution in [2.75, 3.05) is 7.11 Å². The molecule has 1 aromatic heterocycles. The molecule has 2 amide bonds. The van der Waals surface area contributed by atoms with Gasteiger partial charge in [0.2, 0.25) is 0 Å². The number of ether oxygens (including phenoxy) is 1. The van der Waals surface area contributed by atoms with Gasteiger partial charge in [0.25, 0.3) is 11.8 Å². The summed E-state index contributed by atoms with van der Waals surface area (Å²) >= 11 is 0. The van der Waals surface area contributed by atoms with E-state index in [-0.39, 0.29) is 5.70 Å². The van der Waals surface area contributed by atoms with E-state index in [9.17, 15) is 9.59 Å². The van der Waals surface area contributed by atoms with Crippen molar-refractivity contribution in [1.29, 1.82) is 0 Å². The molecule has 0 aliphatic carbocycles. The van der Waals surface area contributed by atoms with Crippen LogP contribution in [-0.2, 0) is 11.3 Å². The van der Waals surface area contributed by atoms with Crippen LogP contribution >= 0.6 is 0 Å². The van der Waals surface area contributed by atoms with Crippen LogP contribution in [0.4, 0.5) is 0 Å². The molecule has 0 unspecified atom stereocenters. The second kappa shape index (κ2) is 9.23. The number of furan rings is 1. The highest BCUT2D eigenvalue weighted by molar-refractivity contribution is 6.05. The van der Waals surface area contributed by atoms with Gasteiger partial charge in [-0.1, -0.05) is 30.3 Å². The van der Waals surface area contributed by atoms with Crippen LogP contribution in [0, 0.1) is 0 Å². The lowest BCUT2D eigenvalue weighted by Crippen LogP contribution is -2.34. The Hall–Kier alpha value is -3.80. The minimum Gasteiger partial charge on any atom is -0.497 e. The van der Waals surface area contributed by atoms with Gasteiger partial charge in [-0.2, -0.15) is 0 Å². The third-order valence-corrected chi connectivity index (χ3v) is 3.97. The van der Waals surface area contributed by atoms with Gasteiger partial charge in [-0.25, -0.2) is 0 Å². The maximum absolute atomic E-state index is 12.7. The van der Waals surface area contributed by atoms with Crippen molar-refractivity contribution >= 4 is 17.9 Å². The van der Waals surface area contributed by atoms with E-state index in [0.29, 0.717) is 23.6 Å². The number of carbonyl (C=O) groups is 2. The predicted molar refractivity (Wildman–Crippen MR) is 105 cm³/mol. The molecule has 0 radical (unpaired) electrons. The van der Waals surface area contributed by atoms with Crippen LogP contribution in [0.3, 0.4) is 0 Å². The Kier molecular flexibility index (Phi) is 6.25. The van der Waals surface area contributed by atoms with Crippen LogP contribution in [0.5, 0.6) is 5.75 Å². The number of rotatable bonds is 7. The summed E-state index contributed by atoms with van der Waals surface area (Å²) in [4.78, 5) is 25.2. The molecule has 0 bridgehead atoms. The van der Waals surface area contributed by atoms with Crippen LogP contribution in [-0.4, -0.2) is 18.9 Å². The van der Waals surface area contributed by atoms with Gasteiger partial charge in [-0.15, -0.1) is 0 Å². The molecule has 3 aromatic rings. The average Bonchev–Trinajstić information content (AvgIpc) is 3.25. The standard InChI is InChI=1S/C22H20N2O4/c1-27-18-11-9-17(10-12-18)21(25)24-20(14-19-8-5-13-28-19)22(26)23-15-16-6-3-2-4-7-16/h2-14H,15H2,1H3,(H,23,26)(H,24,25). The van der Waals surface area contributed by atoms with Gasteiger partial charge in [-0.3, -0.25) is 9.59 Å². The summed E-state index contributed by atoms with van der Waals surface area (Å²) in [6.07, 6.45) is 2.98. The molecular formula is C22H20N2O4. The lowest BCUT2D eigenvalue weighted by Gasteiger charge is -2.11. The first-order valence-corrected chi connectivity index (χ1v) is 8.68. The SMILES string of the molecule is COc1ccc(C(=O)NC(=Cc2ccco2)C(=O)NCc2ccccc2)cc1. The quantitative estimate of drug-likeness (QED) is 0.620. The molecule has 0 fully saturated rings. The topological polar surface area (TPSA) is 80.6 Å². The van der Waals surface area contributed by atoms with Crippen molar-refractivity contribution in [2.24, 2.45) is 0 Å². The summed E-state index contributed by atoms with van der Waals surface area (Å²) in [6, 6.07) is 19.5. The highest BCUT2D eigenvalue weighted by Crippen LogP contribution is 2.12. The van der Waals surface area contributed by atoms with Crippen LogP contribution in [0.1, 0.15) is 21.7 Å². The van der Waals surface area contributed by atoms with E-state index in [0.717, 1.165) is 5.56 Å². The van der Waals surface area contributed by atoms with Crippen molar-refractivity contribution in [3.63, 3.8) is 0 Å². The van der Waals surface area contributed by atoms with E-state index in [1.807, 2.05) is 30.3 Å². The number of carbonyl (C=O) groups excluding carboxylic acids is 2. The molecule has 0 aliphatic rings. The van der Waals surface area contributed by atoms with E-state index < -0.39 is 11.8 Å². The molecule has 6 heteroatoms. The maximum atomic E-state index is 12.7. The molecule has 28 heavy (non-hydrogen) atoms. The first-order valence-electron chi connectivity index (χ1n) is 8.68. The molecule has 1 heterocycles. The van der Waals surface area contributed by atoms with Gasteiger partial charge in [0.15, 0.2) is 0 Å². The average molecular weight is 376 g/mol. The number of amides is 2. The highest BCUT2D eigenvalue weighted by atomic mass is 16.5. The molecule has 0 atom stereocenters. The largest absolute Gasteiger partial charge is 0.497 e. The number of methoxy groups -OCH3 is 1. The van der Waals surface area contributed by atoms with Gasteiger partial charge in [-0.05, 0) is 42.0 Å². The summed E-state index contributed by atoms with van der Waals surface area (Å²) in [7, 11) is 1.55. The molecule has 0 saturated carbocycles. The Morgan fingerprint density at radius 2 is 1.75 bits per heavy atom. The number of hydrogen-bond donors (Lipinski definition) is 2. The van der Waals surface area contributed by atoms with Crippen LogP contribution in [0.2, 0.25) is 0 Å². The minimum atomic E-state index is -0.415. The fraction of sp³-hybridized carbons (Fsp3) is 0.0909. The third kappa shape index (κ3) is 5.11. The number of benzene rings is 2. The number of hydrogen-bond acceptors (Lipinski definition) is 4. The zero-order chi connectivity index (χ0) is 19.8. The fourth-order valence-electron chi connectivity index (χ4n) is 2.48. The van der Waals surface area contributed by atoms with Crippen LogP contribution in [0.15, 0.2) is 83.1 Å². The number of nitrogens with one attached hydrogen (secondary N) is 2. The predicted octanol–water partition coefficient (Wildman–Crippen LogP) is 3.38. The highest BCUT2D eigenvalue weighted by Gasteiger charge is 2.15. The smallest absolute Gasteiger partial charge is 0.268 e. The summed E-state index contributed by atoms with van der Waals surface area (Å²) < 4.78 is 10.4. The molecule has 0 aliphatic heterocycles. The Bertz CT molecular complexity index is 946. The van der Waals surface area contributed by atoms with E-state index in [2.05, 4.69) is 10.6 Å². The van der Waals surface area contributed by atoms with Gasteiger partial charge >= 0.3 is 0 Å². The first kappa shape index (κ1) is 19.0. The molecule has 6 nitrogen and oxygen atoms in total. The molecule has 2 N–H and O–H groups in total. The Balaban J connectivity index is 1.74. The second-order valence-electron chi connectivity index (χ2n) is 5.92. The summed E-state index contributed by atoms with van der Waals surface area (Å²) in [6.45, 7) is 0.341. The summed E-state index contributed by atoms with van der Waals surface area (Å²) in [5, 5.41) is 5.46. The van der Waals surface area contributed by atoms with E-state index in [4.69, 9.17) is 9.15 Å². The van der Waals surface area contributed by atoms with Crippen molar-refractivity contribution in [3.8, 4) is 5.75 Å². The van der Waals surface area contributed by atoms with Crippen LogP contribution < -0.4 is 15.4 Å². The molecule has 142 valence electrons. The summed E-state index contributed by atoms with van der Waals surface area (Å²) in [5.41, 5.74) is 1.45. The summed E-state index contributed by atoms with van der Waals surface area (Å²) in [5.74, 6) is 0.279. The minimum absolute atomic E-state index is 0.0895. The van der Waals surface area contributed by atoms with Gasteiger partial charge < -0.3 is 19.8 Å². The third-order valence-electron chi connectivity index (χ3n) is 3.97. The van der Waals surface area contributed by atoms with Gasteiger partial charge in [0, 0.05) is 18.2 Å². The van der Waals surface area contributed by atoms with Gasteiger partial charge in [0.1, 0.15) is 17.2 Å². The lowest BCUT2D eigenvalue weighted by atomic mass is 10.2. The first-order chi connectivity index (χ1) is 13.7. The molecule has 0 spiro atoms. The zero-order valence-electron chi connectivity index (χ0n) is 15.3. The Morgan fingerprint density at radius 3 is 2.39 bits per heavy atom. The molecule has 2 aromatic carbocycles. The van der Waals surface area contributed by atoms with Crippen molar-refractivity contribution in [2.45, 2.75) is 6.54 Å². The van der Waals surface area contributed by atoms with E-state index in [1.54, 1.807) is 43.5 Å². The van der Waals surface area contributed by atoms with Crippen LogP contribution in [0.25, 0.3) is 6.08 Å². The lowest BCUT2D eigenvalue weighted by molar-refractivity contribution is -0.117. The fourth-order valence-corrected chi connectivity index (χ4v) is 2.48. The molecular weight excluding hydrogens is 356 g/mol. The van der Waals surface area contributed by atoms with Gasteiger partial charge in [0.05, 0.1) is 13.4 Å². The second-order valence-corrected chi connectivity index (χ2v) is 5.92.